The highest BCUT2D eigenvalue weighted by molar-refractivity contribution is 5.30. The Bertz CT molecular complexity index is 362. The van der Waals surface area contributed by atoms with E-state index in [1.54, 1.807) is 0 Å². The summed E-state index contributed by atoms with van der Waals surface area (Å²) in [6.07, 6.45) is 6.53. The van der Waals surface area contributed by atoms with Crippen LogP contribution in [0.3, 0.4) is 0 Å². The molecule has 0 aromatic heterocycles. The lowest BCUT2D eigenvalue weighted by atomic mass is 9.80. The second-order valence-corrected chi connectivity index (χ2v) is 5.51. The summed E-state index contributed by atoms with van der Waals surface area (Å²) in [6, 6.07) is 6.85. The molecule has 2 N–H and O–H groups in total. The summed E-state index contributed by atoms with van der Waals surface area (Å²) >= 11 is 0. The molecule has 0 bridgehead atoms. The predicted octanol–water partition coefficient (Wildman–Crippen LogP) is 3.37. The molecule has 1 saturated carbocycles. The molecule has 1 nitrogen and oxygen atoms in total. The molecule has 1 fully saturated rings. The average Bonchev–Trinajstić information content (AvgIpc) is 2.73. The van der Waals surface area contributed by atoms with Crippen LogP contribution in [0, 0.1) is 19.3 Å². The second-order valence-electron chi connectivity index (χ2n) is 5.51. The third kappa shape index (κ3) is 2.30. The molecule has 0 atom stereocenters. The molecular weight excluding hydrogens is 194 g/mol. The standard InChI is InChI=1S/C15H23N/c1-12-5-6-14(9-13(12)2)10-15(11-16)7-3-4-8-15/h5-6,9H,3-4,7-8,10-11,16H2,1-2H3. The fourth-order valence-corrected chi connectivity index (χ4v) is 2.92. The molecule has 88 valence electrons. The van der Waals surface area contributed by atoms with Crippen molar-refractivity contribution in [1.29, 1.82) is 0 Å². The van der Waals surface area contributed by atoms with Crippen LogP contribution >= 0.6 is 0 Å². The Morgan fingerprint density at radius 1 is 1.12 bits per heavy atom. The smallest absolute Gasteiger partial charge is 0.00173 e. The summed E-state index contributed by atoms with van der Waals surface area (Å²) in [4.78, 5) is 0. The number of hydrogen-bond acceptors (Lipinski definition) is 1. The molecule has 2 rings (SSSR count). The first-order valence-electron chi connectivity index (χ1n) is 6.41. The van der Waals surface area contributed by atoms with Crippen molar-refractivity contribution in [1.82, 2.24) is 0 Å². The van der Waals surface area contributed by atoms with Gasteiger partial charge in [-0.2, -0.15) is 0 Å². The van der Waals surface area contributed by atoms with Gasteiger partial charge in [-0.05, 0) is 61.8 Å². The topological polar surface area (TPSA) is 26.0 Å². The Balaban J connectivity index is 2.16. The van der Waals surface area contributed by atoms with Crippen LogP contribution in [-0.2, 0) is 6.42 Å². The first-order valence-corrected chi connectivity index (χ1v) is 6.41. The van der Waals surface area contributed by atoms with Gasteiger partial charge in [0.15, 0.2) is 0 Å². The van der Waals surface area contributed by atoms with Crippen molar-refractivity contribution >= 4 is 0 Å². The highest BCUT2D eigenvalue weighted by Crippen LogP contribution is 2.40. The molecule has 0 unspecified atom stereocenters. The maximum Gasteiger partial charge on any atom is -0.00173 e. The van der Waals surface area contributed by atoms with Crippen LogP contribution in [0.2, 0.25) is 0 Å². The van der Waals surface area contributed by atoms with Crippen LogP contribution in [0.1, 0.15) is 42.4 Å². The van der Waals surface area contributed by atoms with Gasteiger partial charge in [0.2, 0.25) is 0 Å². The van der Waals surface area contributed by atoms with Crippen molar-refractivity contribution in [2.75, 3.05) is 6.54 Å². The molecule has 1 aromatic rings. The van der Waals surface area contributed by atoms with Crippen molar-refractivity contribution in [2.45, 2.75) is 46.0 Å². The van der Waals surface area contributed by atoms with Crippen molar-refractivity contribution in [3.05, 3.63) is 34.9 Å². The Kier molecular flexibility index (Phi) is 3.34. The van der Waals surface area contributed by atoms with Gasteiger partial charge in [-0.15, -0.1) is 0 Å². The number of hydrogen-bond donors (Lipinski definition) is 1. The van der Waals surface area contributed by atoms with Gasteiger partial charge < -0.3 is 5.73 Å². The summed E-state index contributed by atoms with van der Waals surface area (Å²) in [5.41, 5.74) is 10.6. The summed E-state index contributed by atoms with van der Waals surface area (Å²) in [5, 5.41) is 0. The van der Waals surface area contributed by atoms with E-state index in [0.717, 1.165) is 6.54 Å². The van der Waals surface area contributed by atoms with Crippen LogP contribution in [0.5, 0.6) is 0 Å². The molecule has 1 aromatic carbocycles. The average molecular weight is 217 g/mol. The van der Waals surface area contributed by atoms with Gasteiger partial charge >= 0.3 is 0 Å². The van der Waals surface area contributed by atoms with E-state index < -0.39 is 0 Å². The van der Waals surface area contributed by atoms with E-state index in [4.69, 9.17) is 5.73 Å². The summed E-state index contributed by atoms with van der Waals surface area (Å²) in [7, 11) is 0. The van der Waals surface area contributed by atoms with Crippen molar-refractivity contribution < 1.29 is 0 Å². The van der Waals surface area contributed by atoms with E-state index in [1.165, 1.54) is 48.8 Å². The molecule has 0 aliphatic heterocycles. The van der Waals surface area contributed by atoms with Crippen LogP contribution in [0.25, 0.3) is 0 Å². The molecule has 0 saturated heterocycles. The zero-order valence-electron chi connectivity index (χ0n) is 10.6. The van der Waals surface area contributed by atoms with Gasteiger partial charge in [0, 0.05) is 0 Å². The molecule has 1 aliphatic carbocycles. The molecule has 0 spiro atoms. The minimum Gasteiger partial charge on any atom is -0.330 e. The molecule has 1 heteroatoms. The highest BCUT2D eigenvalue weighted by atomic mass is 14.6. The van der Waals surface area contributed by atoms with Crippen LogP contribution in [0.15, 0.2) is 18.2 Å². The Hall–Kier alpha value is -0.820. The molecule has 1 aliphatic rings. The monoisotopic (exact) mass is 217 g/mol. The fraction of sp³-hybridized carbons (Fsp3) is 0.600. The largest absolute Gasteiger partial charge is 0.330 e. The number of rotatable bonds is 3. The summed E-state index contributed by atoms with van der Waals surface area (Å²) in [6.45, 7) is 5.22. The third-order valence-corrected chi connectivity index (χ3v) is 4.25. The maximum absolute atomic E-state index is 5.98. The first kappa shape index (κ1) is 11.7. The lowest BCUT2D eigenvalue weighted by Gasteiger charge is -2.27. The van der Waals surface area contributed by atoms with Crippen molar-refractivity contribution in [2.24, 2.45) is 11.1 Å². The molecule has 0 amide bonds. The molecule has 0 radical (unpaired) electrons. The van der Waals surface area contributed by atoms with E-state index >= 15 is 0 Å². The summed E-state index contributed by atoms with van der Waals surface area (Å²) in [5.74, 6) is 0. The van der Waals surface area contributed by atoms with Gasteiger partial charge in [-0.3, -0.25) is 0 Å². The minimum atomic E-state index is 0.404. The van der Waals surface area contributed by atoms with Crippen LogP contribution in [-0.4, -0.2) is 6.54 Å². The second kappa shape index (κ2) is 4.58. The van der Waals surface area contributed by atoms with Gasteiger partial charge in [0.1, 0.15) is 0 Å². The van der Waals surface area contributed by atoms with E-state index in [-0.39, 0.29) is 0 Å². The zero-order chi connectivity index (χ0) is 11.6. The Morgan fingerprint density at radius 2 is 1.81 bits per heavy atom. The first-order chi connectivity index (χ1) is 7.65. The molecular formula is C15H23N. The van der Waals surface area contributed by atoms with E-state index in [2.05, 4.69) is 32.0 Å². The maximum atomic E-state index is 5.98. The van der Waals surface area contributed by atoms with E-state index in [9.17, 15) is 0 Å². The zero-order valence-corrected chi connectivity index (χ0v) is 10.6. The number of benzene rings is 1. The SMILES string of the molecule is Cc1ccc(CC2(CN)CCCC2)cc1C. The number of nitrogens with two attached hydrogens (primary N) is 1. The van der Waals surface area contributed by atoms with Gasteiger partial charge in [-0.1, -0.05) is 31.0 Å². The Labute approximate surface area is 99.0 Å². The van der Waals surface area contributed by atoms with Crippen LogP contribution in [0.4, 0.5) is 0 Å². The Morgan fingerprint density at radius 3 is 2.38 bits per heavy atom. The van der Waals surface area contributed by atoms with Gasteiger partial charge in [0.25, 0.3) is 0 Å². The van der Waals surface area contributed by atoms with Crippen molar-refractivity contribution in [3.8, 4) is 0 Å². The molecule has 16 heavy (non-hydrogen) atoms. The predicted molar refractivity (Wildman–Crippen MR) is 69.6 cm³/mol. The summed E-state index contributed by atoms with van der Waals surface area (Å²) < 4.78 is 0. The highest BCUT2D eigenvalue weighted by Gasteiger charge is 2.32. The van der Waals surface area contributed by atoms with Crippen LogP contribution < -0.4 is 5.73 Å². The van der Waals surface area contributed by atoms with Crippen molar-refractivity contribution in [3.63, 3.8) is 0 Å². The molecule has 0 heterocycles. The van der Waals surface area contributed by atoms with E-state index in [1.807, 2.05) is 0 Å². The lowest BCUT2D eigenvalue weighted by Crippen LogP contribution is -2.29. The van der Waals surface area contributed by atoms with E-state index in [0.29, 0.717) is 5.41 Å². The quantitative estimate of drug-likeness (QED) is 0.825. The normalized spacial score (nSPS) is 18.9. The third-order valence-electron chi connectivity index (χ3n) is 4.25. The fourth-order valence-electron chi connectivity index (χ4n) is 2.92. The van der Waals surface area contributed by atoms with Gasteiger partial charge in [-0.25, -0.2) is 0 Å². The number of aryl methyl sites for hydroxylation is 2. The minimum absolute atomic E-state index is 0.404. The van der Waals surface area contributed by atoms with Gasteiger partial charge in [0.05, 0.1) is 0 Å². The lowest BCUT2D eigenvalue weighted by molar-refractivity contribution is 0.306.